The van der Waals surface area contributed by atoms with Crippen molar-refractivity contribution in [2.45, 2.75) is 25.2 Å². The highest BCUT2D eigenvalue weighted by Gasteiger charge is 2.37. The summed E-state index contributed by atoms with van der Waals surface area (Å²) in [5.74, 6) is 1.62. The van der Waals surface area contributed by atoms with E-state index >= 15 is 0 Å². The van der Waals surface area contributed by atoms with Crippen molar-refractivity contribution in [2.24, 2.45) is 0 Å². The average molecular weight is 468 g/mol. The van der Waals surface area contributed by atoms with Crippen molar-refractivity contribution in [3.63, 3.8) is 0 Å². The summed E-state index contributed by atoms with van der Waals surface area (Å²) in [5, 5.41) is 11.2. The Bertz CT molecular complexity index is 1040. The van der Waals surface area contributed by atoms with Crippen molar-refractivity contribution in [1.29, 1.82) is 0 Å². The maximum absolute atomic E-state index is 12.1. The molecule has 8 heteroatoms. The fourth-order valence-corrected chi connectivity index (χ4v) is 5.37. The minimum Gasteiger partial charge on any atom is -0.497 e. The Labute approximate surface area is 198 Å². The second-order valence-electron chi connectivity index (χ2n) is 8.51. The molecule has 1 fully saturated rings. The number of amides is 2. The van der Waals surface area contributed by atoms with E-state index in [4.69, 9.17) is 14.5 Å². The highest BCUT2D eigenvalue weighted by molar-refractivity contribution is 7.15. The van der Waals surface area contributed by atoms with E-state index in [0.29, 0.717) is 18.2 Å². The SMILES string of the molecule is COc1ccc(-c2nc(C3(C)CCN(C(=O)N(C)O)CC3)sc2-c2ccc(OC)cc2)cc1. The molecule has 7 nitrogen and oxygen atoms in total. The molecule has 1 saturated heterocycles. The molecule has 1 aliphatic rings. The van der Waals surface area contributed by atoms with Gasteiger partial charge in [0.15, 0.2) is 0 Å². The van der Waals surface area contributed by atoms with Gasteiger partial charge in [0.2, 0.25) is 0 Å². The standard InChI is InChI=1S/C25H29N3O4S/c1-25(13-15-28(16-14-25)24(29)27(2)30)23-26-21(17-5-9-19(31-3)10-6-17)22(33-23)18-7-11-20(32-4)12-8-18/h5-12,30H,13-16H2,1-4H3. The van der Waals surface area contributed by atoms with Crippen LogP contribution in [0.2, 0.25) is 0 Å². The summed E-state index contributed by atoms with van der Waals surface area (Å²) in [6, 6.07) is 15.6. The molecule has 2 amide bonds. The number of hydroxylamine groups is 2. The fourth-order valence-electron chi connectivity index (χ4n) is 4.07. The maximum atomic E-state index is 12.1. The molecule has 33 heavy (non-hydrogen) atoms. The van der Waals surface area contributed by atoms with Gasteiger partial charge in [0.05, 0.1) is 29.8 Å². The summed E-state index contributed by atoms with van der Waals surface area (Å²) >= 11 is 1.71. The molecular formula is C25H29N3O4S. The molecule has 1 aliphatic heterocycles. The van der Waals surface area contributed by atoms with Crippen LogP contribution in [0.25, 0.3) is 21.7 Å². The number of carbonyl (C=O) groups is 1. The third-order valence-corrected chi connectivity index (χ3v) is 7.68. The largest absolute Gasteiger partial charge is 0.497 e. The molecule has 0 spiro atoms. The predicted octanol–water partition coefficient (Wildman–Crippen LogP) is 5.29. The fraction of sp³-hybridized carbons (Fsp3) is 0.360. The van der Waals surface area contributed by atoms with Gasteiger partial charge in [0.25, 0.3) is 0 Å². The van der Waals surface area contributed by atoms with E-state index in [1.807, 2.05) is 36.4 Å². The molecular weight excluding hydrogens is 438 g/mol. The molecule has 2 heterocycles. The summed E-state index contributed by atoms with van der Waals surface area (Å²) in [6.07, 6.45) is 1.56. The van der Waals surface area contributed by atoms with Gasteiger partial charge in [-0.1, -0.05) is 6.92 Å². The Morgan fingerprint density at radius 3 is 2.00 bits per heavy atom. The maximum Gasteiger partial charge on any atom is 0.343 e. The third kappa shape index (κ3) is 4.67. The lowest BCUT2D eigenvalue weighted by Crippen LogP contribution is -2.47. The number of methoxy groups -OCH3 is 2. The van der Waals surface area contributed by atoms with E-state index in [1.165, 1.54) is 7.05 Å². The Morgan fingerprint density at radius 1 is 1.00 bits per heavy atom. The number of hydrogen-bond donors (Lipinski definition) is 1. The molecule has 4 rings (SSSR count). The Hall–Kier alpha value is -3.10. The number of benzene rings is 2. The van der Waals surface area contributed by atoms with Gasteiger partial charge in [-0.25, -0.2) is 14.8 Å². The summed E-state index contributed by atoms with van der Waals surface area (Å²) in [7, 11) is 4.68. The van der Waals surface area contributed by atoms with Gasteiger partial charge in [-0.05, 0) is 66.9 Å². The Kier molecular flexibility index (Phi) is 6.58. The van der Waals surface area contributed by atoms with Crippen molar-refractivity contribution >= 4 is 17.4 Å². The van der Waals surface area contributed by atoms with Gasteiger partial charge in [0.1, 0.15) is 11.5 Å². The zero-order valence-corrected chi connectivity index (χ0v) is 20.2. The van der Waals surface area contributed by atoms with Gasteiger partial charge in [-0.3, -0.25) is 5.21 Å². The average Bonchev–Trinajstić information content (AvgIpc) is 3.30. The van der Waals surface area contributed by atoms with E-state index in [1.54, 1.807) is 30.5 Å². The van der Waals surface area contributed by atoms with Crippen LogP contribution in [0.15, 0.2) is 48.5 Å². The molecule has 1 aromatic heterocycles. The summed E-state index contributed by atoms with van der Waals surface area (Å²) in [5.41, 5.74) is 2.91. The third-order valence-electron chi connectivity index (χ3n) is 6.27. The van der Waals surface area contributed by atoms with Gasteiger partial charge < -0.3 is 14.4 Å². The number of thiazole rings is 1. The monoisotopic (exact) mass is 467 g/mol. The molecule has 3 aromatic rings. The van der Waals surface area contributed by atoms with E-state index in [-0.39, 0.29) is 11.4 Å². The molecule has 0 radical (unpaired) electrons. The van der Waals surface area contributed by atoms with E-state index in [0.717, 1.165) is 51.0 Å². The molecule has 174 valence electrons. The molecule has 0 atom stereocenters. The van der Waals surface area contributed by atoms with Crippen LogP contribution in [0.1, 0.15) is 24.8 Å². The zero-order valence-electron chi connectivity index (χ0n) is 19.4. The number of piperidine rings is 1. The van der Waals surface area contributed by atoms with Gasteiger partial charge >= 0.3 is 6.03 Å². The number of aromatic nitrogens is 1. The quantitative estimate of drug-likeness (QED) is 0.408. The van der Waals surface area contributed by atoms with Crippen molar-refractivity contribution in [3.8, 4) is 33.2 Å². The van der Waals surface area contributed by atoms with Crippen molar-refractivity contribution < 1.29 is 19.5 Å². The predicted molar refractivity (Wildman–Crippen MR) is 129 cm³/mol. The van der Waals surface area contributed by atoms with Gasteiger partial charge in [0, 0.05) is 31.1 Å². The number of ether oxygens (including phenoxy) is 2. The Morgan fingerprint density at radius 2 is 1.52 bits per heavy atom. The van der Waals surface area contributed by atoms with Gasteiger partial charge in [-0.2, -0.15) is 0 Å². The second-order valence-corrected chi connectivity index (χ2v) is 9.51. The molecule has 0 unspecified atom stereocenters. The van der Waals surface area contributed by atoms with Crippen molar-refractivity contribution in [2.75, 3.05) is 34.4 Å². The number of nitrogens with zero attached hydrogens (tertiary/aromatic N) is 3. The van der Waals surface area contributed by atoms with Crippen LogP contribution >= 0.6 is 11.3 Å². The number of urea groups is 1. The minimum atomic E-state index is -0.367. The van der Waals surface area contributed by atoms with Crippen molar-refractivity contribution in [1.82, 2.24) is 14.9 Å². The minimum absolute atomic E-state index is 0.151. The summed E-state index contributed by atoms with van der Waals surface area (Å²) < 4.78 is 10.7. The van der Waals surface area contributed by atoms with Crippen LogP contribution in [0, 0.1) is 0 Å². The number of rotatable bonds is 5. The first-order valence-corrected chi connectivity index (χ1v) is 11.7. The second kappa shape index (κ2) is 9.41. The van der Waals surface area contributed by atoms with Crippen LogP contribution in [0.3, 0.4) is 0 Å². The molecule has 0 saturated carbocycles. The first-order valence-electron chi connectivity index (χ1n) is 10.9. The number of carbonyl (C=O) groups excluding carboxylic acids is 1. The van der Waals surface area contributed by atoms with E-state index < -0.39 is 0 Å². The van der Waals surface area contributed by atoms with Gasteiger partial charge in [-0.15, -0.1) is 11.3 Å². The molecule has 0 bridgehead atoms. The van der Waals surface area contributed by atoms with E-state index in [9.17, 15) is 10.0 Å². The van der Waals surface area contributed by atoms with Crippen LogP contribution in [-0.4, -0.2) is 60.5 Å². The van der Waals surface area contributed by atoms with Crippen molar-refractivity contribution in [3.05, 3.63) is 53.5 Å². The van der Waals surface area contributed by atoms with Crippen LogP contribution in [-0.2, 0) is 5.41 Å². The first-order chi connectivity index (χ1) is 15.8. The lowest BCUT2D eigenvalue weighted by molar-refractivity contribution is -0.0370. The number of hydrogen-bond acceptors (Lipinski definition) is 6. The van der Waals surface area contributed by atoms with Crippen LogP contribution in [0.5, 0.6) is 11.5 Å². The zero-order chi connectivity index (χ0) is 23.6. The lowest BCUT2D eigenvalue weighted by atomic mass is 9.81. The first kappa shape index (κ1) is 23.1. The van der Waals surface area contributed by atoms with Crippen LogP contribution in [0.4, 0.5) is 4.79 Å². The highest BCUT2D eigenvalue weighted by atomic mass is 32.1. The smallest absolute Gasteiger partial charge is 0.343 e. The lowest BCUT2D eigenvalue weighted by Gasteiger charge is -2.38. The number of likely N-dealkylation sites (tertiary alicyclic amines) is 1. The summed E-state index contributed by atoms with van der Waals surface area (Å²) in [4.78, 5) is 20.1. The molecule has 1 N–H and O–H groups in total. The topological polar surface area (TPSA) is 75.1 Å². The highest BCUT2D eigenvalue weighted by Crippen LogP contribution is 2.44. The van der Waals surface area contributed by atoms with Crippen LogP contribution < -0.4 is 9.47 Å². The molecule has 2 aromatic carbocycles. The molecule has 0 aliphatic carbocycles. The summed E-state index contributed by atoms with van der Waals surface area (Å²) in [6.45, 7) is 3.37. The Balaban J connectivity index is 1.70. The normalized spacial score (nSPS) is 15.2. The van der Waals surface area contributed by atoms with E-state index in [2.05, 4.69) is 19.1 Å².